The van der Waals surface area contributed by atoms with Gasteiger partial charge in [0, 0.05) is 32.1 Å². The van der Waals surface area contributed by atoms with Crippen molar-refractivity contribution >= 4 is 12.0 Å². The molecule has 1 aliphatic carbocycles. The molecule has 1 saturated carbocycles. The monoisotopic (exact) mass is 247 g/mol. The van der Waals surface area contributed by atoms with E-state index in [4.69, 9.17) is 0 Å². The zero-order chi connectivity index (χ0) is 13.3. The molecule has 1 aromatic heterocycles. The minimum absolute atomic E-state index is 0.000483. The predicted octanol–water partition coefficient (Wildman–Crippen LogP) is 2.44. The van der Waals surface area contributed by atoms with Gasteiger partial charge in [0.2, 0.25) is 5.91 Å². The molecule has 0 saturated heterocycles. The third kappa shape index (κ3) is 2.63. The molecule has 0 aromatic carbocycles. The number of hydrogen-bond acceptors (Lipinski definition) is 2. The zero-order valence-electron chi connectivity index (χ0n) is 11.6. The Hall–Kier alpha value is -1.58. The highest BCUT2D eigenvalue weighted by molar-refractivity contribution is 5.91. The fraction of sp³-hybridized carbons (Fsp3) is 0.571. The molecule has 1 fully saturated rings. The molecule has 98 valence electrons. The Kier molecular flexibility index (Phi) is 3.55. The average Bonchev–Trinajstić information content (AvgIpc) is 3.05. The summed E-state index contributed by atoms with van der Waals surface area (Å²) in [6.07, 6.45) is 7.81. The van der Waals surface area contributed by atoms with Crippen LogP contribution in [0.1, 0.15) is 50.2 Å². The molecule has 0 atom stereocenters. The quantitative estimate of drug-likeness (QED) is 0.766. The molecule has 0 radical (unpaired) electrons. The maximum Gasteiger partial charge on any atom is 0.246 e. The van der Waals surface area contributed by atoms with E-state index in [1.807, 2.05) is 12.3 Å². The van der Waals surface area contributed by atoms with Crippen molar-refractivity contribution in [3.63, 3.8) is 0 Å². The third-order valence-electron chi connectivity index (χ3n) is 3.15. The molecule has 0 N–H and O–H groups in total. The van der Waals surface area contributed by atoms with Gasteiger partial charge in [-0.25, -0.2) is 4.98 Å². The van der Waals surface area contributed by atoms with Crippen LogP contribution < -0.4 is 0 Å². The minimum atomic E-state index is -0.000483. The van der Waals surface area contributed by atoms with E-state index in [1.54, 1.807) is 25.1 Å². The summed E-state index contributed by atoms with van der Waals surface area (Å²) in [6.45, 7) is 4.30. The van der Waals surface area contributed by atoms with Crippen LogP contribution in [0.3, 0.4) is 0 Å². The van der Waals surface area contributed by atoms with Crippen molar-refractivity contribution in [2.75, 3.05) is 14.1 Å². The molecule has 0 bridgehead atoms. The smallest absolute Gasteiger partial charge is 0.246 e. The summed E-state index contributed by atoms with van der Waals surface area (Å²) in [7, 11) is 3.50. The molecule has 0 unspecified atom stereocenters. The van der Waals surface area contributed by atoms with Crippen molar-refractivity contribution in [3.05, 3.63) is 23.8 Å². The van der Waals surface area contributed by atoms with Crippen LogP contribution in [0.25, 0.3) is 6.08 Å². The van der Waals surface area contributed by atoms with Crippen molar-refractivity contribution in [2.24, 2.45) is 0 Å². The van der Waals surface area contributed by atoms with E-state index in [1.165, 1.54) is 18.7 Å². The van der Waals surface area contributed by atoms with Crippen LogP contribution in [0.5, 0.6) is 0 Å². The van der Waals surface area contributed by atoms with Gasteiger partial charge in [-0.1, -0.05) is 0 Å². The summed E-state index contributed by atoms with van der Waals surface area (Å²) in [4.78, 5) is 17.6. The van der Waals surface area contributed by atoms with Crippen molar-refractivity contribution < 1.29 is 4.79 Å². The van der Waals surface area contributed by atoms with E-state index in [0.29, 0.717) is 12.0 Å². The molecule has 0 spiro atoms. The molecule has 1 amide bonds. The Balaban J connectivity index is 2.25. The highest BCUT2D eigenvalue weighted by Gasteiger charge is 2.29. The first kappa shape index (κ1) is 12.9. The lowest BCUT2D eigenvalue weighted by molar-refractivity contribution is -0.123. The Labute approximate surface area is 108 Å². The van der Waals surface area contributed by atoms with Gasteiger partial charge in [-0.3, -0.25) is 4.79 Å². The standard InChI is InChI=1S/C14H21N3O/c1-10(2)17-12(7-8-13(18)16(3)4)9-15-14(17)11-5-6-11/h7-11H,5-6H2,1-4H3/b8-7+. The number of carbonyl (C=O) groups is 1. The minimum Gasteiger partial charge on any atom is -0.345 e. The summed E-state index contributed by atoms with van der Waals surface area (Å²) in [5.41, 5.74) is 1.02. The molecule has 18 heavy (non-hydrogen) atoms. The highest BCUT2D eigenvalue weighted by Crippen LogP contribution is 2.40. The molecule has 2 rings (SSSR count). The number of amides is 1. The SMILES string of the molecule is CC(C)n1c(/C=C/C(=O)N(C)C)cnc1C1CC1. The normalized spacial score (nSPS) is 15.6. The van der Waals surface area contributed by atoms with Crippen LogP contribution in [-0.2, 0) is 4.79 Å². The van der Waals surface area contributed by atoms with Crippen LogP contribution in [-0.4, -0.2) is 34.5 Å². The van der Waals surface area contributed by atoms with Gasteiger partial charge < -0.3 is 9.47 Å². The van der Waals surface area contributed by atoms with Crippen molar-refractivity contribution in [3.8, 4) is 0 Å². The maximum absolute atomic E-state index is 11.6. The van der Waals surface area contributed by atoms with Gasteiger partial charge in [-0.15, -0.1) is 0 Å². The summed E-state index contributed by atoms with van der Waals surface area (Å²) < 4.78 is 2.23. The van der Waals surface area contributed by atoms with Crippen LogP contribution in [0, 0.1) is 0 Å². The fourth-order valence-electron chi connectivity index (χ4n) is 2.02. The topological polar surface area (TPSA) is 38.1 Å². The van der Waals surface area contributed by atoms with Gasteiger partial charge >= 0.3 is 0 Å². The molecular formula is C14H21N3O. The summed E-state index contributed by atoms with van der Waals surface area (Å²) in [5.74, 6) is 1.79. The number of hydrogen-bond donors (Lipinski definition) is 0. The van der Waals surface area contributed by atoms with E-state index < -0.39 is 0 Å². The predicted molar refractivity (Wildman–Crippen MR) is 72.3 cm³/mol. The third-order valence-corrected chi connectivity index (χ3v) is 3.15. The van der Waals surface area contributed by atoms with Gasteiger partial charge in [-0.05, 0) is 32.8 Å². The number of imidazole rings is 1. The van der Waals surface area contributed by atoms with Crippen LogP contribution in [0.15, 0.2) is 12.3 Å². The van der Waals surface area contributed by atoms with Gasteiger partial charge in [0.05, 0.1) is 11.9 Å². The summed E-state index contributed by atoms with van der Waals surface area (Å²) in [5, 5.41) is 0. The summed E-state index contributed by atoms with van der Waals surface area (Å²) in [6, 6.07) is 0.372. The molecule has 1 heterocycles. The number of rotatable bonds is 4. The lowest BCUT2D eigenvalue weighted by Crippen LogP contribution is -2.18. The molecule has 0 aliphatic heterocycles. The van der Waals surface area contributed by atoms with E-state index in [9.17, 15) is 4.79 Å². The Morgan fingerprint density at radius 2 is 2.17 bits per heavy atom. The van der Waals surface area contributed by atoms with Crippen molar-refractivity contribution in [1.82, 2.24) is 14.5 Å². The number of nitrogens with zero attached hydrogens (tertiary/aromatic N) is 3. The van der Waals surface area contributed by atoms with Crippen LogP contribution in [0.2, 0.25) is 0 Å². The number of carbonyl (C=O) groups excluding carboxylic acids is 1. The van der Waals surface area contributed by atoms with Gasteiger partial charge in [-0.2, -0.15) is 0 Å². The average molecular weight is 247 g/mol. The first-order valence-electron chi connectivity index (χ1n) is 6.47. The second-order valence-electron chi connectivity index (χ2n) is 5.35. The lowest BCUT2D eigenvalue weighted by atomic mass is 10.3. The molecule has 1 aromatic rings. The van der Waals surface area contributed by atoms with E-state index >= 15 is 0 Å². The Morgan fingerprint density at radius 1 is 1.50 bits per heavy atom. The van der Waals surface area contributed by atoms with Crippen LogP contribution in [0.4, 0.5) is 0 Å². The second kappa shape index (κ2) is 4.96. The molecule has 4 heteroatoms. The highest BCUT2D eigenvalue weighted by atomic mass is 16.2. The van der Waals surface area contributed by atoms with Gasteiger partial charge in [0.15, 0.2) is 0 Å². The number of aromatic nitrogens is 2. The van der Waals surface area contributed by atoms with Crippen molar-refractivity contribution in [1.29, 1.82) is 0 Å². The Morgan fingerprint density at radius 3 is 2.67 bits per heavy atom. The number of likely N-dealkylation sites (N-methyl/N-ethyl adjacent to an activating group) is 1. The van der Waals surface area contributed by atoms with Crippen LogP contribution >= 0.6 is 0 Å². The van der Waals surface area contributed by atoms with E-state index in [2.05, 4.69) is 23.4 Å². The largest absolute Gasteiger partial charge is 0.345 e. The van der Waals surface area contributed by atoms with E-state index in [0.717, 1.165) is 5.69 Å². The lowest BCUT2D eigenvalue weighted by Gasteiger charge is -2.14. The summed E-state index contributed by atoms with van der Waals surface area (Å²) >= 11 is 0. The maximum atomic E-state index is 11.6. The second-order valence-corrected chi connectivity index (χ2v) is 5.35. The Bertz CT molecular complexity index is 467. The van der Waals surface area contributed by atoms with E-state index in [-0.39, 0.29) is 5.91 Å². The molecule has 4 nitrogen and oxygen atoms in total. The molecular weight excluding hydrogens is 226 g/mol. The first-order valence-corrected chi connectivity index (χ1v) is 6.47. The van der Waals surface area contributed by atoms with Crippen molar-refractivity contribution in [2.45, 2.75) is 38.6 Å². The van der Waals surface area contributed by atoms with Gasteiger partial charge in [0.25, 0.3) is 0 Å². The fourth-order valence-corrected chi connectivity index (χ4v) is 2.02. The molecule has 1 aliphatic rings. The van der Waals surface area contributed by atoms with Gasteiger partial charge in [0.1, 0.15) is 5.82 Å². The zero-order valence-corrected chi connectivity index (χ0v) is 11.6. The first-order chi connectivity index (χ1) is 8.50.